The molecule has 246 valence electrons. The molecule has 3 aromatic carbocycles. The minimum atomic E-state index is -1.89. The quantitative estimate of drug-likeness (QED) is 0.251. The van der Waals surface area contributed by atoms with E-state index in [0.29, 0.717) is 41.5 Å². The fraction of sp³-hybridized carbons (Fsp3) is 0.378. The smallest absolute Gasteiger partial charge is 0.264 e. The highest BCUT2D eigenvalue weighted by Crippen LogP contribution is 2.46. The average molecular weight is 657 g/mol. The predicted molar refractivity (Wildman–Crippen MR) is 182 cm³/mol. The van der Waals surface area contributed by atoms with E-state index in [-0.39, 0.29) is 43.3 Å². The first kappa shape index (κ1) is 32.9. The molecule has 1 saturated heterocycles. The number of piperidine rings is 1. The number of amides is 3. The van der Waals surface area contributed by atoms with Gasteiger partial charge in [0.2, 0.25) is 11.8 Å². The number of benzene rings is 3. The zero-order chi connectivity index (χ0) is 33.1. The van der Waals surface area contributed by atoms with E-state index in [0.717, 1.165) is 36.1 Å². The molecule has 3 aliphatic heterocycles. The van der Waals surface area contributed by atoms with Gasteiger partial charge in [-0.2, -0.15) is 0 Å². The van der Waals surface area contributed by atoms with E-state index in [9.17, 15) is 24.6 Å². The Kier molecular flexibility index (Phi) is 9.80. The second-order valence-corrected chi connectivity index (χ2v) is 13.2. The van der Waals surface area contributed by atoms with Gasteiger partial charge in [-0.3, -0.25) is 14.4 Å². The molecule has 3 aromatic rings. The van der Waals surface area contributed by atoms with Crippen molar-refractivity contribution in [2.75, 3.05) is 29.9 Å². The Morgan fingerprint density at radius 2 is 1.89 bits per heavy atom. The Labute approximate surface area is 280 Å². The largest absolute Gasteiger partial charge is 0.394 e. The summed E-state index contributed by atoms with van der Waals surface area (Å²) in [6.45, 7) is 3.88. The SMILES string of the molecule is C[C@H](/C=C/CC(=O)N1Cc2ccccc2C[C@H]1CO)[C@@]1(O)C(=O)N(Cc2ccc(NC(=O)C3CCCNC3)cc2)c2ccc(Cl)cc21. The van der Waals surface area contributed by atoms with Gasteiger partial charge < -0.3 is 30.6 Å². The number of nitrogens with one attached hydrogen (secondary N) is 2. The number of aliphatic hydroxyl groups excluding tert-OH is 1. The van der Waals surface area contributed by atoms with Gasteiger partial charge in [-0.25, -0.2) is 0 Å². The van der Waals surface area contributed by atoms with Crippen LogP contribution in [0.15, 0.2) is 78.9 Å². The van der Waals surface area contributed by atoms with E-state index >= 15 is 0 Å². The zero-order valence-electron chi connectivity index (χ0n) is 26.5. The lowest BCUT2D eigenvalue weighted by Crippen LogP contribution is -2.46. The maximum atomic E-state index is 14.0. The van der Waals surface area contributed by atoms with Gasteiger partial charge in [0.25, 0.3) is 5.91 Å². The van der Waals surface area contributed by atoms with Crippen molar-refractivity contribution in [3.05, 3.63) is 106 Å². The van der Waals surface area contributed by atoms with E-state index in [1.54, 1.807) is 47.1 Å². The van der Waals surface area contributed by atoms with Crippen molar-refractivity contribution in [3.8, 4) is 0 Å². The van der Waals surface area contributed by atoms with Crippen molar-refractivity contribution < 1.29 is 24.6 Å². The minimum Gasteiger partial charge on any atom is -0.394 e. The van der Waals surface area contributed by atoms with E-state index < -0.39 is 17.4 Å². The summed E-state index contributed by atoms with van der Waals surface area (Å²) in [6.07, 6.45) is 5.90. The third-order valence-corrected chi connectivity index (χ3v) is 9.96. The number of aliphatic hydroxyl groups is 2. The molecule has 0 spiro atoms. The molecule has 3 amide bonds. The van der Waals surface area contributed by atoms with Gasteiger partial charge in [-0.1, -0.05) is 67.1 Å². The molecule has 3 aliphatic rings. The normalized spacial score (nSPS) is 23.0. The molecule has 4 atom stereocenters. The molecule has 9 nitrogen and oxygen atoms in total. The van der Waals surface area contributed by atoms with Gasteiger partial charge >= 0.3 is 0 Å². The second-order valence-electron chi connectivity index (χ2n) is 12.8. The van der Waals surface area contributed by atoms with Crippen LogP contribution in [0.1, 0.15) is 48.4 Å². The molecule has 10 heteroatoms. The lowest BCUT2D eigenvalue weighted by molar-refractivity contribution is -0.139. The second kappa shape index (κ2) is 14.0. The summed E-state index contributed by atoms with van der Waals surface area (Å²) in [5, 5.41) is 28.7. The van der Waals surface area contributed by atoms with Crippen LogP contribution in [0.25, 0.3) is 0 Å². The Morgan fingerprint density at radius 3 is 2.62 bits per heavy atom. The van der Waals surface area contributed by atoms with Crippen LogP contribution < -0.4 is 15.5 Å². The molecule has 47 heavy (non-hydrogen) atoms. The first-order valence-electron chi connectivity index (χ1n) is 16.3. The first-order chi connectivity index (χ1) is 22.7. The molecule has 4 N–H and O–H groups in total. The van der Waals surface area contributed by atoms with E-state index in [1.807, 2.05) is 48.5 Å². The molecule has 1 unspecified atom stereocenters. The van der Waals surface area contributed by atoms with Crippen LogP contribution in [0.3, 0.4) is 0 Å². The highest BCUT2D eigenvalue weighted by atomic mass is 35.5. The predicted octanol–water partition coefficient (Wildman–Crippen LogP) is 4.54. The van der Waals surface area contributed by atoms with Crippen molar-refractivity contribution in [1.82, 2.24) is 10.2 Å². The summed E-state index contributed by atoms with van der Waals surface area (Å²) in [5.74, 6) is -1.35. The highest BCUT2D eigenvalue weighted by molar-refractivity contribution is 6.31. The number of fused-ring (bicyclic) bond motifs is 2. The van der Waals surface area contributed by atoms with Gasteiger partial charge in [-0.15, -0.1) is 0 Å². The van der Waals surface area contributed by atoms with Crippen LogP contribution in [-0.2, 0) is 39.5 Å². The third kappa shape index (κ3) is 6.71. The molecule has 6 rings (SSSR count). The lowest BCUT2D eigenvalue weighted by atomic mass is 9.83. The number of anilines is 2. The van der Waals surface area contributed by atoms with Crippen molar-refractivity contribution in [2.24, 2.45) is 11.8 Å². The van der Waals surface area contributed by atoms with Gasteiger partial charge in [0, 0.05) is 41.7 Å². The topological polar surface area (TPSA) is 122 Å². The van der Waals surface area contributed by atoms with Crippen LogP contribution in [-0.4, -0.2) is 58.6 Å². The molecule has 0 bridgehead atoms. The first-order valence-corrected chi connectivity index (χ1v) is 16.7. The minimum absolute atomic E-state index is 0.00578. The zero-order valence-corrected chi connectivity index (χ0v) is 27.2. The van der Waals surface area contributed by atoms with E-state index in [2.05, 4.69) is 10.6 Å². The monoisotopic (exact) mass is 656 g/mol. The van der Waals surface area contributed by atoms with E-state index in [4.69, 9.17) is 11.6 Å². The fourth-order valence-corrected chi connectivity index (χ4v) is 7.12. The number of hydrogen-bond acceptors (Lipinski definition) is 6. The average Bonchev–Trinajstić information content (AvgIpc) is 3.30. The number of carbonyl (C=O) groups excluding carboxylic acids is 3. The van der Waals surface area contributed by atoms with Gasteiger partial charge in [0.15, 0.2) is 5.60 Å². The summed E-state index contributed by atoms with van der Waals surface area (Å²) in [7, 11) is 0. The molecule has 0 aliphatic carbocycles. The van der Waals surface area contributed by atoms with Crippen LogP contribution in [0.4, 0.5) is 11.4 Å². The molecule has 0 saturated carbocycles. The molecule has 0 radical (unpaired) electrons. The van der Waals surface area contributed by atoms with Gasteiger partial charge in [-0.05, 0) is 72.8 Å². The number of carbonyl (C=O) groups is 3. The van der Waals surface area contributed by atoms with Crippen LogP contribution in [0.2, 0.25) is 5.02 Å². The fourth-order valence-electron chi connectivity index (χ4n) is 6.94. The van der Waals surface area contributed by atoms with Gasteiger partial charge in [0.1, 0.15) is 0 Å². The Hall–Kier alpha value is -4.02. The number of rotatable bonds is 9. The molecule has 0 aromatic heterocycles. The molecule has 3 heterocycles. The van der Waals surface area contributed by atoms with Crippen molar-refractivity contribution >= 4 is 40.7 Å². The summed E-state index contributed by atoms with van der Waals surface area (Å²) in [6, 6.07) is 20.1. The maximum Gasteiger partial charge on any atom is 0.264 e. The Balaban J connectivity index is 1.14. The third-order valence-electron chi connectivity index (χ3n) is 9.72. The number of nitrogens with zero attached hydrogens (tertiary/aromatic N) is 2. The summed E-state index contributed by atoms with van der Waals surface area (Å²) in [5.41, 5.74) is 2.82. The van der Waals surface area contributed by atoms with Crippen molar-refractivity contribution in [2.45, 2.75) is 57.3 Å². The number of hydrogen-bond donors (Lipinski definition) is 4. The summed E-state index contributed by atoms with van der Waals surface area (Å²) < 4.78 is 0. The number of halogens is 1. The Bertz CT molecular complexity index is 1670. The standard InChI is InChI=1S/C37H41ClN4O5/c1-24(6-4-10-34(44)41-22-28-8-3-2-7-26(28)18-31(41)23-43)37(47)32-19-29(38)13-16-33(32)42(36(37)46)21-25-11-14-30(15-12-25)40-35(45)27-9-5-17-39-20-27/h2-4,6-8,11-16,19,24,27,31,39,43,47H,5,9-10,17-18,20-23H2,1H3,(H,40,45)/b6-4+/t24-,27?,31+,37+/m1/s1. The lowest BCUT2D eigenvalue weighted by Gasteiger charge is -2.36. The van der Waals surface area contributed by atoms with Crippen LogP contribution >= 0.6 is 11.6 Å². The highest BCUT2D eigenvalue weighted by Gasteiger charge is 2.52. The molecular weight excluding hydrogens is 616 g/mol. The van der Waals surface area contributed by atoms with Crippen molar-refractivity contribution in [1.29, 1.82) is 0 Å². The molecular formula is C37H41ClN4O5. The summed E-state index contributed by atoms with van der Waals surface area (Å²) >= 11 is 6.35. The Morgan fingerprint density at radius 1 is 1.13 bits per heavy atom. The molecule has 1 fully saturated rings. The van der Waals surface area contributed by atoms with E-state index in [1.165, 1.54) is 0 Å². The maximum absolute atomic E-state index is 14.0. The van der Waals surface area contributed by atoms with Crippen molar-refractivity contribution in [3.63, 3.8) is 0 Å². The summed E-state index contributed by atoms with van der Waals surface area (Å²) in [4.78, 5) is 43.2. The van der Waals surface area contributed by atoms with Crippen LogP contribution in [0, 0.1) is 11.8 Å². The van der Waals surface area contributed by atoms with Gasteiger partial charge in [0.05, 0.1) is 30.8 Å². The van der Waals surface area contributed by atoms with Crippen LogP contribution in [0.5, 0.6) is 0 Å².